The first-order chi connectivity index (χ1) is 4.88. The summed E-state index contributed by atoms with van der Waals surface area (Å²) in [4.78, 5) is 4.03. The van der Waals surface area contributed by atoms with Crippen LogP contribution in [0, 0.1) is 0 Å². The molecular formula is C8H11ClN2. The van der Waals surface area contributed by atoms with Crippen molar-refractivity contribution in [2.75, 3.05) is 5.73 Å². The molecule has 1 aliphatic carbocycles. The third kappa shape index (κ3) is 1.63. The van der Waals surface area contributed by atoms with Crippen LogP contribution in [0.2, 0.25) is 0 Å². The number of nitrogens with two attached hydrogens (primary N) is 1. The molecule has 2 rings (SSSR count). The summed E-state index contributed by atoms with van der Waals surface area (Å²) in [6.45, 7) is 0. The fraction of sp³-hybridized carbons (Fsp3) is 0.375. The topological polar surface area (TPSA) is 38.9 Å². The van der Waals surface area contributed by atoms with Crippen LogP contribution in [0.5, 0.6) is 0 Å². The zero-order valence-electron chi connectivity index (χ0n) is 6.16. The first-order valence-electron chi connectivity index (χ1n) is 3.57. The first kappa shape index (κ1) is 8.34. The summed E-state index contributed by atoms with van der Waals surface area (Å²) < 4.78 is 0. The van der Waals surface area contributed by atoms with Gasteiger partial charge in [0, 0.05) is 18.1 Å². The van der Waals surface area contributed by atoms with E-state index in [1.807, 2.05) is 12.3 Å². The van der Waals surface area contributed by atoms with E-state index in [4.69, 9.17) is 5.73 Å². The van der Waals surface area contributed by atoms with Gasteiger partial charge in [-0.05, 0) is 30.4 Å². The summed E-state index contributed by atoms with van der Waals surface area (Å²) >= 11 is 0. The van der Waals surface area contributed by atoms with Crippen molar-refractivity contribution in [2.45, 2.75) is 18.8 Å². The second kappa shape index (κ2) is 3.09. The van der Waals surface area contributed by atoms with Gasteiger partial charge in [-0.25, -0.2) is 0 Å². The summed E-state index contributed by atoms with van der Waals surface area (Å²) in [6, 6.07) is 1.87. The Morgan fingerprint density at radius 2 is 2.18 bits per heavy atom. The van der Waals surface area contributed by atoms with Crippen molar-refractivity contribution in [3.05, 3.63) is 24.0 Å². The standard InChI is InChI=1S/C8H10N2.ClH/c9-8-3-4-10-5-7(8)6-1-2-6;/h3-6H,1-2H2,(H2,9,10);1H. The Hall–Kier alpha value is -0.760. The highest BCUT2D eigenvalue weighted by atomic mass is 35.5. The molecule has 0 bridgehead atoms. The van der Waals surface area contributed by atoms with Crippen molar-refractivity contribution >= 4 is 18.1 Å². The number of hydrogen-bond acceptors (Lipinski definition) is 2. The molecule has 0 saturated heterocycles. The van der Waals surface area contributed by atoms with Gasteiger partial charge >= 0.3 is 0 Å². The van der Waals surface area contributed by atoms with Gasteiger partial charge in [-0.2, -0.15) is 0 Å². The van der Waals surface area contributed by atoms with E-state index in [1.165, 1.54) is 18.4 Å². The van der Waals surface area contributed by atoms with E-state index < -0.39 is 0 Å². The van der Waals surface area contributed by atoms with E-state index in [9.17, 15) is 0 Å². The average Bonchev–Trinajstić information content (AvgIpc) is 2.71. The van der Waals surface area contributed by atoms with Gasteiger partial charge in [0.25, 0.3) is 0 Å². The number of rotatable bonds is 1. The minimum atomic E-state index is 0. The third-order valence-corrected chi connectivity index (χ3v) is 1.90. The molecule has 1 fully saturated rings. The summed E-state index contributed by atoms with van der Waals surface area (Å²) in [5.74, 6) is 0.716. The van der Waals surface area contributed by atoms with Crippen molar-refractivity contribution in [1.82, 2.24) is 4.98 Å². The van der Waals surface area contributed by atoms with E-state index in [0.717, 1.165) is 5.69 Å². The third-order valence-electron chi connectivity index (χ3n) is 1.90. The normalized spacial score (nSPS) is 15.6. The molecule has 1 saturated carbocycles. The molecule has 2 N–H and O–H groups in total. The second-order valence-electron chi connectivity index (χ2n) is 2.78. The van der Waals surface area contributed by atoms with Gasteiger partial charge in [0.15, 0.2) is 0 Å². The maximum Gasteiger partial charge on any atom is 0.0380 e. The fourth-order valence-corrected chi connectivity index (χ4v) is 1.15. The molecule has 1 aromatic rings. The largest absolute Gasteiger partial charge is 0.398 e. The molecule has 1 aromatic heterocycles. The van der Waals surface area contributed by atoms with Gasteiger partial charge in [0.2, 0.25) is 0 Å². The summed E-state index contributed by atoms with van der Waals surface area (Å²) in [5.41, 5.74) is 7.86. The number of nitrogen functional groups attached to an aromatic ring is 1. The van der Waals surface area contributed by atoms with Crippen LogP contribution >= 0.6 is 12.4 Å². The Morgan fingerprint density at radius 3 is 2.73 bits per heavy atom. The van der Waals surface area contributed by atoms with Gasteiger partial charge in [-0.1, -0.05) is 0 Å². The Morgan fingerprint density at radius 1 is 1.45 bits per heavy atom. The number of aromatic nitrogens is 1. The highest BCUT2D eigenvalue weighted by Crippen LogP contribution is 2.41. The van der Waals surface area contributed by atoms with Crippen molar-refractivity contribution in [3.63, 3.8) is 0 Å². The first-order valence-corrected chi connectivity index (χ1v) is 3.57. The molecule has 0 aromatic carbocycles. The monoisotopic (exact) mass is 170 g/mol. The molecular weight excluding hydrogens is 160 g/mol. The minimum absolute atomic E-state index is 0. The SMILES string of the molecule is Cl.Nc1ccncc1C1CC1. The van der Waals surface area contributed by atoms with Crippen molar-refractivity contribution in [1.29, 1.82) is 0 Å². The van der Waals surface area contributed by atoms with Crippen LogP contribution in [0.15, 0.2) is 18.5 Å². The number of pyridine rings is 1. The zero-order chi connectivity index (χ0) is 6.97. The predicted molar refractivity (Wildman–Crippen MR) is 47.9 cm³/mol. The smallest absolute Gasteiger partial charge is 0.0380 e. The highest BCUT2D eigenvalue weighted by molar-refractivity contribution is 5.85. The van der Waals surface area contributed by atoms with Crippen LogP contribution in [0.4, 0.5) is 5.69 Å². The molecule has 0 amide bonds. The van der Waals surface area contributed by atoms with Crippen LogP contribution in [-0.4, -0.2) is 4.98 Å². The molecule has 0 unspecified atom stereocenters. The van der Waals surface area contributed by atoms with Crippen molar-refractivity contribution < 1.29 is 0 Å². The highest BCUT2D eigenvalue weighted by Gasteiger charge is 2.25. The lowest BCUT2D eigenvalue weighted by atomic mass is 10.1. The Labute approximate surface area is 72.2 Å². The number of hydrogen-bond donors (Lipinski definition) is 1. The fourth-order valence-electron chi connectivity index (χ4n) is 1.15. The van der Waals surface area contributed by atoms with Gasteiger partial charge in [0.1, 0.15) is 0 Å². The van der Waals surface area contributed by atoms with Crippen LogP contribution < -0.4 is 5.73 Å². The molecule has 2 nitrogen and oxygen atoms in total. The zero-order valence-corrected chi connectivity index (χ0v) is 6.97. The maximum absolute atomic E-state index is 5.72. The second-order valence-corrected chi connectivity index (χ2v) is 2.78. The molecule has 1 aliphatic rings. The van der Waals surface area contributed by atoms with Gasteiger partial charge in [-0.15, -0.1) is 12.4 Å². The van der Waals surface area contributed by atoms with Gasteiger partial charge < -0.3 is 5.73 Å². The Balaban J connectivity index is 0.000000605. The maximum atomic E-state index is 5.72. The van der Waals surface area contributed by atoms with Gasteiger partial charge in [0.05, 0.1) is 0 Å². The van der Waals surface area contributed by atoms with Crippen molar-refractivity contribution in [2.24, 2.45) is 0 Å². The lowest BCUT2D eigenvalue weighted by molar-refractivity contribution is 1.10. The molecule has 0 atom stereocenters. The summed E-state index contributed by atoms with van der Waals surface area (Å²) in [5, 5.41) is 0. The van der Waals surface area contributed by atoms with E-state index in [1.54, 1.807) is 6.20 Å². The minimum Gasteiger partial charge on any atom is -0.398 e. The predicted octanol–water partition coefficient (Wildman–Crippen LogP) is 1.96. The summed E-state index contributed by atoms with van der Waals surface area (Å²) in [6.07, 6.45) is 6.19. The molecule has 0 radical (unpaired) electrons. The quantitative estimate of drug-likeness (QED) is 0.700. The number of anilines is 1. The molecule has 0 spiro atoms. The van der Waals surface area contributed by atoms with Crippen LogP contribution in [0.3, 0.4) is 0 Å². The van der Waals surface area contributed by atoms with Crippen molar-refractivity contribution in [3.8, 4) is 0 Å². The average molecular weight is 171 g/mol. The van der Waals surface area contributed by atoms with Crippen LogP contribution in [0.1, 0.15) is 24.3 Å². The van der Waals surface area contributed by atoms with E-state index in [0.29, 0.717) is 5.92 Å². The van der Waals surface area contributed by atoms with E-state index >= 15 is 0 Å². The lowest BCUT2D eigenvalue weighted by Crippen LogP contribution is -1.92. The Bertz CT molecular complexity index is 246. The van der Waals surface area contributed by atoms with Gasteiger partial charge in [-0.3, -0.25) is 4.98 Å². The lowest BCUT2D eigenvalue weighted by Gasteiger charge is -1.99. The van der Waals surface area contributed by atoms with E-state index in [2.05, 4.69) is 4.98 Å². The Kier molecular flexibility index (Phi) is 2.35. The number of halogens is 1. The molecule has 0 aliphatic heterocycles. The molecule has 3 heteroatoms. The molecule has 1 heterocycles. The summed E-state index contributed by atoms with van der Waals surface area (Å²) in [7, 11) is 0. The molecule has 11 heavy (non-hydrogen) atoms. The van der Waals surface area contributed by atoms with E-state index in [-0.39, 0.29) is 12.4 Å². The van der Waals surface area contributed by atoms with Crippen LogP contribution in [0.25, 0.3) is 0 Å². The molecule has 60 valence electrons. The van der Waals surface area contributed by atoms with Crippen LogP contribution in [-0.2, 0) is 0 Å². The number of nitrogens with zero attached hydrogens (tertiary/aromatic N) is 1.